The number of nitrogens with zero attached hydrogens (tertiary/aromatic N) is 1. The van der Waals surface area contributed by atoms with Crippen LogP contribution in [0.4, 0.5) is 0 Å². The minimum absolute atomic E-state index is 0.0648. The second-order valence-electron chi connectivity index (χ2n) is 5.87. The van der Waals surface area contributed by atoms with Crippen molar-refractivity contribution in [1.29, 1.82) is 0 Å². The summed E-state index contributed by atoms with van der Waals surface area (Å²) < 4.78 is 0. The molecule has 4 nitrogen and oxygen atoms in total. The Hall–Kier alpha value is -1.85. The number of thiophene rings is 1. The van der Waals surface area contributed by atoms with Gasteiger partial charge in [0, 0.05) is 23.7 Å². The van der Waals surface area contributed by atoms with Gasteiger partial charge in [-0.25, -0.2) is 0 Å². The predicted molar refractivity (Wildman–Crippen MR) is 96.3 cm³/mol. The lowest BCUT2D eigenvalue weighted by Crippen LogP contribution is -2.48. The Kier molecular flexibility index (Phi) is 5.53. The Morgan fingerprint density at radius 3 is 2.75 bits per heavy atom. The van der Waals surface area contributed by atoms with Crippen LogP contribution in [0.3, 0.4) is 0 Å². The average molecular weight is 363 g/mol. The number of amides is 2. The lowest BCUT2D eigenvalue weighted by atomic mass is 10.1. The summed E-state index contributed by atoms with van der Waals surface area (Å²) in [6.07, 6.45) is 2.57. The van der Waals surface area contributed by atoms with Crippen LogP contribution in [0.1, 0.15) is 35.2 Å². The molecule has 1 aromatic carbocycles. The van der Waals surface area contributed by atoms with Gasteiger partial charge in [-0.05, 0) is 65.9 Å². The van der Waals surface area contributed by atoms with Crippen LogP contribution in [0.15, 0.2) is 41.1 Å². The highest BCUT2D eigenvalue weighted by atomic mass is 35.5. The molecule has 0 bridgehead atoms. The van der Waals surface area contributed by atoms with E-state index in [1.54, 1.807) is 40.5 Å². The van der Waals surface area contributed by atoms with Gasteiger partial charge in [-0.15, -0.1) is 0 Å². The molecule has 1 fully saturated rings. The monoisotopic (exact) mass is 362 g/mol. The van der Waals surface area contributed by atoms with Gasteiger partial charge in [0.05, 0.1) is 0 Å². The zero-order valence-electron chi connectivity index (χ0n) is 13.2. The Morgan fingerprint density at radius 1 is 1.25 bits per heavy atom. The Bertz CT molecular complexity index is 700. The molecule has 1 aliphatic heterocycles. The molecule has 1 N–H and O–H groups in total. The summed E-state index contributed by atoms with van der Waals surface area (Å²) in [5.74, 6) is -0.204. The number of nitrogens with one attached hydrogen (secondary N) is 1. The second-order valence-corrected chi connectivity index (χ2v) is 7.09. The molecule has 2 amide bonds. The van der Waals surface area contributed by atoms with Crippen molar-refractivity contribution >= 4 is 34.8 Å². The summed E-state index contributed by atoms with van der Waals surface area (Å²) >= 11 is 7.50. The lowest BCUT2D eigenvalue weighted by molar-refractivity contribution is -0.125. The molecule has 0 spiro atoms. The summed E-state index contributed by atoms with van der Waals surface area (Å²) in [4.78, 5) is 27.2. The van der Waals surface area contributed by atoms with Gasteiger partial charge in [0.15, 0.2) is 0 Å². The van der Waals surface area contributed by atoms with Crippen molar-refractivity contribution in [2.24, 2.45) is 0 Å². The number of rotatable bonds is 4. The topological polar surface area (TPSA) is 49.4 Å². The van der Waals surface area contributed by atoms with Gasteiger partial charge >= 0.3 is 0 Å². The van der Waals surface area contributed by atoms with Crippen molar-refractivity contribution in [2.45, 2.75) is 31.8 Å². The maximum Gasteiger partial charge on any atom is 0.254 e. The van der Waals surface area contributed by atoms with E-state index in [1.807, 2.05) is 16.8 Å². The first kappa shape index (κ1) is 17.0. The highest BCUT2D eigenvalue weighted by Crippen LogP contribution is 2.21. The molecule has 0 saturated carbocycles. The minimum atomic E-state index is -0.435. The molecule has 1 saturated heterocycles. The van der Waals surface area contributed by atoms with Gasteiger partial charge in [-0.2, -0.15) is 11.3 Å². The van der Waals surface area contributed by atoms with Crippen LogP contribution >= 0.6 is 22.9 Å². The number of hydrogen-bond acceptors (Lipinski definition) is 3. The van der Waals surface area contributed by atoms with E-state index in [1.165, 1.54) is 0 Å². The summed E-state index contributed by atoms with van der Waals surface area (Å²) in [6.45, 7) is 1.11. The first-order chi connectivity index (χ1) is 11.6. The van der Waals surface area contributed by atoms with Gasteiger partial charge < -0.3 is 10.2 Å². The highest BCUT2D eigenvalue weighted by molar-refractivity contribution is 7.07. The highest BCUT2D eigenvalue weighted by Gasteiger charge is 2.31. The van der Waals surface area contributed by atoms with Gasteiger partial charge in [0.1, 0.15) is 6.04 Å². The number of carbonyl (C=O) groups is 2. The van der Waals surface area contributed by atoms with Gasteiger partial charge in [-0.3, -0.25) is 9.59 Å². The predicted octanol–water partition coefficient (Wildman–Crippen LogP) is 3.71. The van der Waals surface area contributed by atoms with Crippen LogP contribution in [-0.2, 0) is 11.3 Å². The van der Waals surface area contributed by atoms with Crippen LogP contribution in [0.25, 0.3) is 0 Å². The SMILES string of the molecule is O=C1NCCCCC1N(Cc1ccsc1)C(=O)c1ccc(Cl)cc1. The van der Waals surface area contributed by atoms with Crippen molar-refractivity contribution in [3.05, 3.63) is 57.2 Å². The maximum absolute atomic E-state index is 13.0. The van der Waals surface area contributed by atoms with Crippen molar-refractivity contribution in [2.75, 3.05) is 6.54 Å². The average Bonchev–Trinajstić information content (AvgIpc) is 3.01. The molecule has 24 heavy (non-hydrogen) atoms. The Morgan fingerprint density at radius 2 is 2.04 bits per heavy atom. The van der Waals surface area contributed by atoms with Crippen LogP contribution in [-0.4, -0.2) is 29.3 Å². The third-order valence-corrected chi connectivity index (χ3v) is 5.15. The first-order valence-electron chi connectivity index (χ1n) is 8.00. The number of benzene rings is 1. The van der Waals surface area contributed by atoms with E-state index in [2.05, 4.69) is 5.32 Å². The van der Waals surface area contributed by atoms with Gasteiger partial charge in [0.2, 0.25) is 5.91 Å². The molecule has 2 aromatic rings. The quantitative estimate of drug-likeness (QED) is 0.901. The van der Waals surface area contributed by atoms with Crippen LogP contribution in [0, 0.1) is 0 Å². The largest absolute Gasteiger partial charge is 0.354 e. The molecular formula is C18H19ClN2O2S. The third kappa shape index (κ3) is 3.97. The molecule has 6 heteroatoms. The standard InChI is InChI=1S/C18H19ClN2O2S/c19-15-6-4-14(5-7-15)18(23)21(11-13-8-10-24-12-13)16-3-1-2-9-20-17(16)22/h4-8,10,12,16H,1-3,9,11H2,(H,20,22). The molecular weight excluding hydrogens is 344 g/mol. The van der Waals surface area contributed by atoms with Crippen LogP contribution in [0.2, 0.25) is 5.02 Å². The molecule has 1 unspecified atom stereocenters. The molecule has 1 aliphatic rings. The fourth-order valence-electron chi connectivity index (χ4n) is 2.88. The fraction of sp³-hybridized carbons (Fsp3) is 0.333. The van der Waals surface area contributed by atoms with E-state index >= 15 is 0 Å². The van der Waals surface area contributed by atoms with E-state index in [0.29, 0.717) is 30.1 Å². The van der Waals surface area contributed by atoms with E-state index in [9.17, 15) is 9.59 Å². The van der Waals surface area contributed by atoms with Crippen molar-refractivity contribution in [3.8, 4) is 0 Å². The molecule has 1 atom stereocenters. The molecule has 2 heterocycles. The Balaban J connectivity index is 1.89. The lowest BCUT2D eigenvalue weighted by Gasteiger charge is -2.30. The van der Waals surface area contributed by atoms with Crippen molar-refractivity contribution in [3.63, 3.8) is 0 Å². The fourth-order valence-corrected chi connectivity index (χ4v) is 3.67. The molecule has 0 radical (unpaired) electrons. The first-order valence-corrected chi connectivity index (χ1v) is 9.32. The number of carbonyl (C=O) groups excluding carboxylic acids is 2. The normalized spacial score (nSPS) is 17.9. The van der Waals surface area contributed by atoms with Gasteiger partial charge in [0.25, 0.3) is 5.91 Å². The molecule has 126 valence electrons. The van der Waals surface area contributed by atoms with Gasteiger partial charge in [-0.1, -0.05) is 11.6 Å². The van der Waals surface area contributed by atoms with Crippen molar-refractivity contribution < 1.29 is 9.59 Å². The summed E-state index contributed by atoms with van der Waals surface area (Å²) in [5.41, 5.74) is 1.59. The zero-order valence-corrected chi connectivity index (χ0v) is 14.8. The van der Waals surface area contributed by atoms with Crippen molar-refractivity contribution in [1.82, 2.24) is 10.2 Å². The Labute approximate surface area is 150 Å². The summed E-state index contributed by atoms with van der Waals surface area (Å²) in [5, 5.41) is 7.50. The van der Waals surface area contributed by atoms with E-state index in [0.717, 1.165) is 18.4 Å². The maximum atomic E-state index is 13.0. The smallest absolute Gasteiger partial charge is 0.254 e. The summed E-state index contributed by atoms with van der Waals surface area (Å²) in [6, 6.07) is 8.37. The van der Waals surface area contributed by atoms with Crippen LogP contribution in [0.5, 0.6) is 0 Å². The third-order valence-electron chi connectivity index (χ3n) is 4.17. The number of halogens is 1. The second kappa shape index (κ2) is 7.81. The molecule has 3 rings (SSSR count). The molecule has 0 aliphatic carbocycles. The zero-order chi connectivity index (χ0) is 16.9. The summed E-state index contributed by atoms with van der Waals surface area (Å²) in [7, 11) is 0. The van der Waals surface area contributed by atoms with E-state index < -0.39 is 6.04 Å². The van der Waals surface area contributed by atoms with E-state index in [4.69, 9.17) is 11.6 Å². The minimum Gasteiger partial charge on any atom is -0.354 e. The van der Waals surface area contributed by atoms with Crippen LogP contribution < -0.4 is 5.32 Å². The number of hydrogen-bond donors (Lipinski definition) is 1. The van der Waals surface area contributed by atoms with E-state index in [-0.39, 0.29) is 11.8 Å². The molecule has 1 aromatic heterocycles.